The van der Waals surface area contributed by atoms with Gasteiger partial charge in [-0.15, -0.1) is 0 Å². The summed E-state index contributed by atoms with van der Waals surface area (Å²) in [5.41, 5.74) is 7.33. The van der Waals surface area contributed by atoms with Gasteiger partial charge in [0, 0.05) is 23.5 Å². The number of phenolic OH excluding ortho intramolecular Hbond substituents is 2. The van der Waals surface area contributed by atoms with Crippen molar-refractivity contribution in [3.63, 3.8) is 0 Å². The van der Waals surface area contributed by atoms with Crippen LogP contribution >= 0.6 is 0 Å². The van der Waals surface area contributed by atoms with Crippen LogP contribution in [0.15, 0.2) is 0 Å². The van der Waals surface area contributed by atoms with Gasteiger partial charge in [-0.05, 0) is 74.9 Å². The molecule has 0 amide bonds. The van der Waals surface area contributed by atoms with Crippen molar-refractivity contribution in [1.29, 1.82) is 0 Å². The molecule has 132 valence electrons. The molecule has 0 fully saturated rings. The van der Waals surface area contributed by atoms with Gasteiger partial charge in [-0.2, -0.15) is 0 Å². The minimum absolute atomic E-state index is 0.0490. The molecule has 0 aliphatic carbocycles. The van der Waals surface area contributed by atoms with Crippen molar-refractivity contribution in [2.45, 2.75) is 60.2 Å². The Morgan fingerprint density at radius 3 is 1.44 bits per heavy atom. The third-order valence-electron chi connectivity index (χ3n) is 6.15. The van der Waals surface area contributed by atoms with E-state index in [0.29, 0.717) is 17.9 Å². The lowest BCUT2D eigenvalue weighted by Gasteiger charge is -2.41. The van der Waals surface area contributed by atoms with Gasteiger partial charge in [0.05, 0.1) is 0 Å². The van der Waals surface area contributed by atoms with Crippen molar-refractivity contribution >= 4 is 0 Å². The van der Waals surface area contributed by atoms with Gasteiger partial charge in [0.25, 0.3) is 0 Å². The number of benzene rings is 2. The van der Waals surface area contributed by atoms with E-state index >= 15 is 0 Å². The molecule has 2 N–H and O–H groups in total. The van der Waals surface area contributed by atoms with Crippen LogP contribution in [-0.2, 0) is 0 Å². The third kappa shape index (κ3) is 1.94. The van der Waals surface area contributed by atoms with Crippen molar-refractivity contribution in [2.75, 3.05) is 0 Å². The second kappa shape index (κ2) is 5.07. The van der Waals surface area contributed by atoms with Crippen molar-refractivity contribution in [1.82, 2.24) is 0 Å². The largest absolute Gasteiger partial charge is 0.507 e. The summed E-state index contributed by atoms with van der Waals surface area (Å²) in [4.78, 5) is 0. The normalized spacial score (nSPS) is 20.4. The number of hydrogen-bond acceptors (Lipinski definition) is 4. The Morgan fingerprint density at radius 2 is 1.04 bits per heavy atom. The SMILES string of the molecule is Cc1c(C)c2c(c(C)c1O)C1CC(O2)Oc2c(C)c(C)c(O)c(C)c21. The van der Waals surface area contributed by atoms with E-state index < -0.39 is 0 Å². The van der Waals surface area contributed by atoms with E-state index in [1.165, 1.54) is 0 Å². The van der Waals surface area contributed by atoms with E-state index in [4.69, 9.17) is 9.47 Å². The maximum Gasteiger partial charge on any atom is 0.242 e. The number of ether oxygens (including phenoxy) is 2. The fourth-order valence-corrected chi connectivity index (χ4v) is 4.36. The lowest BCUT2D eigenvalue weighted by Crippen LogP contribution is -2.37. The molecule has 0 saturated heterocycles. The van der Waals surface area contributed by atoms with Crippen molar-refractivity contribution in [2.24, 2.45) is 0 Å². The molecule has 0 aromatic heterocycles. The van der Waals surface area contributed by atoms with Gasteiger partial charge in [0.1, 0.15) is 23.0 Å². The highest BCUT2D eigenvalue weighted by molar-refractivity contribution is 5.67. The van der Waals surface area contributed by atoms with Crippen molar-refractivity contribution < 1.29 is 19.7 Å². The Hall–Kier alpha value is -2.36. The number of hydrogen-bond donors (Lipinski definition) is 2. The first-order valence-electron chi connectivity index (χ1n) is 8.72. The molecule has 0 atom stereocenters. The van der Waals surface area contributed by atoms with E-state index in [9.17, 15) is 10.2 Å². The quantitative estimate of drug-likeness (QED) is 0.737. The average molecular weight is 340 g/mol. The second-order valence-corrected chi connectivity index (χ2v) is 7.39. The van der Waals surface area contributed by atoms with E-state index in [0.717, 1.165) is 56.0 Å². The standard InChI is InChI=1S/C21H24O4/c1-8-10(3)20-16(12(5)18(8)22)14-7-15(24-20)25-21-11(4)9(2)19(23)13(6)17(14)21/h14-15,22-23H,7H2,1-6H3. The maximum atomic E-state index is 10.6. The molecule has 2 aliphatic rings. The van der Waals surface area contributed by atoms with Crippen LogP contribution in [0.1, 0.15) is 56.8 Å². The first-order valence-corrected chi connectivity index (χ1v) is 8.72. The van der Waals surface area contributed by atoms with Gasteiger partial charge >= 0.3 is 0 Å². The lowest BCUT2D eigenvalue weighted by molar-refractivity contribution is -0.0280. The molecule has 2 aliphatic heterocycles. The first kappa shape index (κ1) is 16.1. The summed E-state index contributed by atoms with van der Waals surface area (Å²) in [6.07, 6.45) is 0.347. The zero-order valence-electron chi connectivity index (χ0n) is 15.6. The molecular weight excluding hydrogens is 316 g/mol. The van der Waals surface area contributed by atoms with Crippen LogP contribution in [0.25, 0.3) is 0 Å². The molecule has 4 rings (SSSR count). The average Bonchev–Trinajstić information content (AvgIpc) is 2.60. The summed E-state index contributed by atoms with van der Waals surface area (Å²) >= 11 is 0. The minimum atomic E-state index is -0.339. The van der Waals surface area contributed by atoms with Gasteiger partial charge in [-0.3, -0.25) is 0 Å². The van der Waals surface area contributed by atoms with Gasteiger partial charge in [0.2, 0.25) is 6.29 Å². The molecule has 2 aromatic rings. The zero-order chi connectivity index (χ0) is 18.2. The topological polar surface area (TPSA) is 58.9 Å². The Kier molecular flexibility index (Phi) is 3.27. The van der Waals surface area contributed by atoms with Gasteiger partial charge < -0.3 is 19.7 Å². The van der Waals surface area contributed by atoms with Gasteiger partial charge in [-0.1, -0.05) is 0 Å². The Balaban J connectivity index is 2.08. The summed E-state index contributed by atoms with van der Waals surface area (Å²) in [6, 6.07) is 0. The highest BCUT2D eigenvalue weighted by Gasteiger charge is 2.42. The molecule has 4 nitrogen and oxygen atoms in total. The number of rotatable bonds is 0. The fraction of sp³-hybridized carbons (Fsp3) is 0.429. The molecule has 0 radical (unpaired) electrons. The second-order valence-electron chi connectivity index (χ2n) is 7.39. The number of fused-ring (bicyclic) bond motifs is 6. The number of phenols is 2. The van der Waals surface area contributed by atoms with Crippen LogP contribution < -0.4 is 9.47 Å². The van der Waals surface area contributed by atoms with E-state index in [1.807, 2.05) is 41.5 Å². The molecule has 0 saturated carbocycles. The molecule has 0 unspecified atom stereocenters. The predicted octanol–water partition coefficient (Wildman–Crippen LogP) is 4.58. The number of aromatic hydroxyl groups is 2. The summed E-state index contributed by atoms with van der Waals surface area (Å²) in [6.45, 7) is 11.6. The van der Waals surface area contributed by atoms with Crippen LogP contribution in [0.5, 0.6) is 23.0 Å². The molecular formula is C21H24O4. The van der Waals surface area contributed by atoms with Crippen LogP contribution in [0, 0.1) is 41.5 Å². The molecule has 2 aromatic carbocycles. The van der Waals surface area contributed by atoms with Gasteiger partial charge in [-0.25, -0.2) is 0 Å². The van der Waals surface area contributed by atoms with Crippen LogP contribution in [-0.4, -0.2) is 16.5 Å². The zero-order valence-corrected chi connectivity index (χ0v) is 15.6. The molecule has 2 heterocycles. The summed E-state index contributed by atoms with van der Waals surface area (Å²) in [5, 5.41) is 21.1. The monoisotopic (exact) mass is 340 g/mol. The summed E-state index contributed by atoms with van der Waals surface area (Å²) in [7, 11) is 0. The smallest absolute Gasteiger partial charge is 0.242 e. The fourth-order valence-electron chi connectivity index (χ4n) is 4.36. The van der Waals surface area contributed by atoms with Gasteiger partial charge in [0.15, 0.2) is 0 Å². The van der Waals surface area contributed by atoms with Crippen LogP contribution in [0.4, 0.5) is 0 Å². The van der Waals surface area contributed by atoms with E-state index in [-0.39, 0.29) is 12.2 Å². The molecule has 2 bridgehead atoms. The van der Waals surface area contributed by atoms with E-state index in [1.54, 1.807) is 0 Å². The highest BCUT2D eigenvalue weighted by Crippen LogP contribution is 2.55. The highest BCUT2D eigenvalue weighted by atomic mass is 16.7. The summed E-state index contributed by atoms with van der Waals surface area (Å²) < 4.78 is 12.4. The Morgan fingerprint density at radius 1 is 0.640 bits per heavy atom. The van der Waals surface area contributed by atoms with Crippen LogP contribution in [0.3, 0.4) is 0 Å². The molecule has 0 spiro atoms. The summed E-state index contributed by atoms with van der Waals surface area (Å²) in [5.74, 6) is 2.34. The van der Waals surface area contributed by atoms with Crippen LogP contribution in [0.2, 0.25) is 0 Å². The first-order chi connectivity index (χ1) is 11.7. The maximum absolute atomic E-state index is 10.6. The minimum Gasteiger partial charge on any atom is -0.507 e. The molecule has 4 heteroatoms. The third-order valence-corrected chi connectivity index (χ3v) is 6.15. The van der Waals surface area contributed by atoms with Crippen molar-refractivity contribution in [3.05, 3.63) is 44.5 Å². The van der Waals surface area contributed by atoms with E-state index in [2.05, 4.69) is 0 Å². The Labute approximate surface area is 148 Å². The van der Waals surface area contributed by atoms with Crippen molar-refractivity contribution in [3.8, 4) is 23.0 Å². The Bertz CT molecular complexity index is 853. The predicted molar refractivity (Wildman–Crippen MR) is 96.1 cm³/mol. The lowest BCUT2D eigenvalue weighted by atomic mass is 9.77. The molecule has 25 heavy (non-hydrogen) atoms.